The summed E-state index contributed by atoms with van der Waals surface area (Å²) < 4.78 is 12.8. The van der Waals surface area contributed by atoms with Gasteiger partial charge >= 0.3 is 0 Å². The van der Waals surface area contributed by atoms with E-state index in [-0.39, 0.29) is 11.9 Å². The predicted octanol–water partition coefficient (Wildman–Crippen LogP) is 4.06. The number of rotatable bonds is 5. The van der Waals surface area contributed by atoms with Crippen molar-refractivity contribution >= 4 is 11.6 Å². The zero-order chi connectivity index (χ0) is 11.3. The number of hydrogen-bond acceptors (Lipinski definition) is 1. The van der Waals surface area contributed by atoms with Crippen molar-refractivity contribution in [3.63, 3.8) is 0 Å². The van der Waals surface area contributed by atoms with Gasteiger partial charge in [-0.15, -0.1) is 0 Å². The van der Waals surface area contributed by atoms with Gasteiger partial charge in [0.25, 0.3) is 0 Å². The van der Waals surface area contributed by atoms with Gasteiger partial charge in [0, 0.05) is 11.1 Å². The van der Waals surface area contributed by atoms with Crippen molar-refractivity contribution in [3.05, 3.63) is 34.6 Å². The molecule has 0 bridgehead atoms. The van der Waals surface area contributed by atoms with Crippen molar-refractivity contribution in [2.45, 2.75) is 38.6 Å². The van der Waals surface area contributed by atoms with Crippen LogP contribution < -0.4 is 5.73 Å². The molecule has 0 fully saturated rings. The fraction of sp³-hybridized carbons (Fsp3) is 0.500. The Kier molecular flexibility index (Phi) is 5.06. The minimum absolute atomic E-state index is 0.0790. The molecule has 1 atom stereocenters. The summed E-state index contributed by atoms with van der Waals surface area (Å²) >= 11 is 5.92. The van der Waals surface area contributed by atoms with Crippen LogP contribution in [0.1, 0.15) is 44.2 Å². The van der Waals surface area contributed by atoms with Crippen LogP contribution in [0.15, 0.2) is 18.2 Å². The summed E-state index contributed by atoms with van der Waals surface area (Å²) in [6.45, 7) is 2.15. The molecule has 0 aliphatic heterocycles. The van der Waals surface area contributed by atoms with Gasteiger partial charge in [0.2, 0.25) is 0 Å². The first-order chi connectivity index (χ1) is 7.15. The third-order valence-corrected chi connectivity index (χ3v) is 2.81. The van der Waals surface area contributed by atoms with Gasteiger partial charge in [-0.05, 0) is 24.1 Å². The van der Waals surface area contributed by atoms with Crippen LogP contribution >= 0.6 is 11.6 Å². The smallest absolute Gasteiger partial charge is 0.124 e. The maximum Gasteiger partial charge on any atom is 0.124 e. The highest BCUT2D eigenvalue weighted by Crippen LogP contribution is 2.25. The number of unbranched alkanes of at least 4 members (excludes halogenated alkanes) is 2. The minimum atomic E-state index is -0.315. The molecule has 84 valence electrons. The molecule has 0 spiro atoms. The van der Waals surface area contributed by atoms with Crippen LogP contribution in [-0.2, 0) is 0 Å². The molecule has 0 aliphatic rings. The molecular weight excluding hydrogens is 213 g/mol. The average molecular weight is 230 g/mol. The second kappa shape index (κ2) is 6.09. The Bertz CT molecular complexity index is 314. The average Bonchev–Trinajstić information content (AvgIpc) is 2.17. The van der Waals surface area contributed by atoms with E-state index >= 15 is 0 Å². The molecule has 1 unspecified atom stereocenters. The number of benzene rings is 1. The molecule has 0 radical (unpaired) electrons. The van der Waals surface area contributed by atoms with E-state index in [1.165, 1.54) is 25.0 Å². The summed E-state index contributed by atoms with van der Waals surface area (Å²) in [6.07, 6.45) is 4.33. The van der Waals surface area contributed by atoms with Gasteiger partial charge in [-0.25, -0.2) is 4.39 Å². The number of halogens is 2. The van der Waals surface area contributed by atoms with E-state index < -0.39 is 0 Å². The second-order valence-electron chi connectivity index (χ2n) is 3.77. The number of nitrogens with two attached hydrogens (primary N) is 1. The molecule has 3 heteroatoms. The Hall–Kier alpha value is -0.600. The van der Waals surface area contributed by atoms with Crippen molar-refractivity contribution in [1.29, 1.82) is 0 Å². The molecule has 1 nitrogen and oxygen atoms in total. The van der Waals surface area contributed by atoms with Crippen LogP contribution in [0.3, 0.4) is 0 Å². The highest BCUT2D eigenvalue weighted by molar-refractivity contribution is 6.31. The molecule has 0 heterocycles. The zero-order valence-electron chi connectivity index (χ0n) is 8.97. The van der Waals surface area contributed by atoms with Gasteiger partial charge in [0.05, 0.1) is 0 Å². The summed E-state index contributed by atoms with van der Waals surface area (Å²) in [4.78, 5) is 0. The topological polar surface area (TPSA) is 26.0 Å². The van der Waals surface area contributed by atoms with E-state index in [2.05, 4.69) is 6.92 Å². The highest BCUT2D eigenvalue weighted by atomic mass is 35.5. The lowest BCUT2D eigenvalue weighted by atomic mass is 10.0. The van der Waals surface area contributed by atoms with Crippen molar-refractivity contribution in [3.8, 4) is 0 Å². The quantitative estimate of drug-likeness (QED) is 0.758. The van der Waals surface area contributed by atoms with Crippen LogP contribution in [0.4, 0.5) is 4.39 Å². The Morgan fingerprint density at radius 2 is 2.13 bits per heavy atom. The van der Waals surface area contributed by atoms with E-state index in [4.69, 9.17) is 17.3 Å². The van der Waals surface area contributed by atoms with Gasteiger partial charge in [0.15, 0.2) is 0 Å². The van der Waals surface area contributed by atoms with Crippen LogP contribution in [0.25, 0.3) is 0 Å². The van der Waals surface area contributed by atoms with Crippen LogP contribution in [0, 0.1) is 5.82 Å². The SMILES string of the molecule is CCCCCC(N)c1ccc(F)cc1Cl. The van der Waals surface area contributed by atoms with E-state index in [0.29, 0.717) is 5.02 Å². The van der Waals surface area contributed by atoms with Gasteiger partial charge in [-0.2, -0.15) is 0 Å². The van der Waals surface area contributed by atoms with Crippen molar-refractivity contribution in [2.24, 2.45) is 5.73 Å². The lowest BCUT2D eigenvalue weighted by Crippen LogP contribution is -2.10. The lowest BCUT2D eigenvalue weighted by molar-refractivity contribution is 0.578. The molecule has 0 aliphatic carbocycles. The molecule has 1 aromatic carbocycles. The lowest BCUT2D eigenvalue weighted by Gasteiger charge is -2.13. The first kappa shape index (κ1) is 12.5. The molecule has 0 saturated carbocycles. The van der Waals surface area contributed by atoms with Gasteiger partial charge in [-0.1, -0.05) is 43.9 Å². The van der Waals surface area contributed by atoms with Crippen LogP contribution in [0.2, 0.25) is 5.02 Å². The van der Waals surface area contributed by atoms with Crippen LogP contribution in [-0.4, -0.2) is 0 Å². The van der Waals surface area contributed by atoms with E-state index in [0.717, 1.165) is 18.4 Å². The summed E-state index contributed by atoms with van der Waals surface area (Å²) in [5, 5.41) is 0.430. The first-order valence-electron chi connectivity index (χ1n) is 5.35. The second-order valence-corrected chi connectivity index (χ2v) is 4.18. The molecule has 0 amide bonds. The summed E-state index contributed by atoms with van der Waals surface area (Å²) in [5.41, 5.74) is 6.82. The normalized spacial score (nSPS) is 12.8. The Morgan fingerprint density at radius 1 is 1.40 bits per heavy atom. The molecule has 1 rings (SSSR count). The largest absolute Gasteiger partial charge is 0.324 e. The van der Waals surface area contributed by atoms with E-state index in [1.54, 1.807) is 6.07 Å². The zero-order valence-corrected chi connectivity index (χ0v) is 9.73. The molecule has 2 N–H and O–H groups in total. The van der Waals surface area contributed by atoms with E-state index in [9.17, 15) is 4.39 Å². The third kappa shape index (κ3) is 3.80. The maximum atomic E-state index is 12.8. The van der Waals surface area contributed by atoms with Crippen molar-refractivity contribution in [1.82, 2.24) is 0 Å². The monoisotopic (exact) mass is 229 g/mol. The first-order valence-corrected chi connectivity index (χ1v) is 5.73. The Morgan fingerprint density at radius 3 is 2.73 bits per heavy atom. The van der Waals surface area contributed by atoms with Gasteiger partial charge < -0.3 is 5.73 Å². The molecule has 0 aromatic heterocycles. The molecule has 15 heavy (non-hydrogen) atoms. The highest BCUT2D eigenvalue weighted by Gasteiger charge is 2.10. The van der Waals surface area contributed by atoms with Gasteiger partial charge in [0.1, 0.15) is 5.82 Å². The molecule has 1 aromatic rings. The van der Waals surface area contributed by atoms with Gasteiger partial charge in [-0.3, -0.25) is 0 Å². The summed E-state index contributed by atoms with van der Waals surface area (Å²) in [5.74, 6) is -0.315. The molecule has 0 saturated heterocycles. The summed E-state index contributed by atoms with van der Waals surface area (Å²) in [7, 11) is 0. The van der Waals surface area contributed by atoms with Crippen molar-refractivity contribution in [2.75, 3.05) is 0 Å². The predicted molar refractivity (Wildman–Crippen MR) is 62.5 cm³/mol. The van der Waals surface area contributed by atoms with Crippen LogP contribution in [0.5, 0.6) is 0 Å². The summed E-state index contributed by atoms with van der Waals surface area (Å²) in [6, 6.07) is 4.32. The molecular formula is C12H17ClFN. The minimum Gasteiger partial charge on any atom is -0.324 e. The van der Waals surface area contributed by atoms with Crippen molar-refractivity contribution < 1.29 is 4.39 Å². The standard InChI is InChI=1S/C12H17ClFN/c1-2-3-4-5-12(15)10-7-6-9(14)8-11(10)13/h6-8,12H,2-5,15H2,1H3. The maximum absolute atomic E-state index is 12.8. The fourth-order valence-electron chi connectivity index (χ4n) is 1.57. The number of hydrogen-bond donors (Lipinski definition) is 1. The fourth-order valence-corrected chi connectivity index (χ4v) is 1.88. The Labute approximate surface area is 95.4 Å². The third-order valence-electron chi connectivity index (χ3n) is 2.48. The van der Waals surface area contributed by atoms with E-state index in [1.807, 2.05) is 0 Å². The Balaban J connectivity index is 2.61.